The van der Waals surface area contributed by atoms with Gasteiger partial charge in [0, 0.05) is 48.8 Å². The summed E-state index contributed by atoms with van der Waals surface area (Å²) in [6.45, 7) is 4.91. The first-order valence-corrected chi connectivity index (χ1v) is 9.90. The molecule has 1 heterocycles. The second kappa shape index (κ2) is 14.0. The van der Waals surface area contributed by atoms with Gasteiger partial charge in [-0.2, -0.15) is 0 Å². The Hall–Kier alpha value is -0.0900. The monoisotopic (exact) mass is 559 g/mol. The van der Waals surface area contributed by atoms with Crippen molar-refractivity contribution in [2.75, 3.05) is 46.6 Å². The highest BCUT2D eigenvalue weighted by Crippen LogP contribution is 2.21. The fourth-order valence-corrected chi connectivity index (χ4v) is 3.26. The minimum absolute atomic E-state index is 0. The Morgan fingerprint density at radius 3 is 2.92 bits per heavy atom. The number of rotatable bonds is 9. The van der Waals surface area contributed by atoms with Crippen molar-refractivity contribution < 1.29 is 9.47 Å². The molecule has 1 unspecified atom stereocenters. The van der Waals surface area contributed by atoms with Crippen molar-refractivity contribution in [3.63, 3.8) is 0 Å². The molecule has 148 valence electrons. The van der Waals surface area contributed by atoms with Gasteiger partial charge in [0.2, 0.25) is 0 Å². The van der Waals surface area contributed by atoms with E-state index in [1.54, 1.807) is 7.05 Å². The number of halogens is 3. The van der Waals surface area contributed by atoms with Gasteiger partial charge in [-0.1, -0.05) is 27.5 Å². The summed E-state index contributed by atoms with van der Waals surface area (Å²) in [5.41, 5.74) is 1.18. The Balaban J connectivity index is 0.00000338. The van der Waals surface area contributed by atoms with Gasteiger partial charge in [0.05, 0.1) is 13.2 Å². The predicted molar refractivity (Wildman–Crippen MR) is 122 cm³/mol. The largest absolute Gasteiger partial charge is 0.381 e. The second-order valence-electron chi connectivity index (χ2n) is 6.07. The van der Waals surface area contributed by atoms with Gasteiger partial charge in [-0.15, -0.1) is 24.0 Å². The van der Waals surface area contributed by atoms with E-state index < -0.39 is 0 Å². The van der Waals surface area contributed by atoms with Gasteiger partial charge >= 0.3 is 0 Å². The van der Waals surface area contributed by atoms with E-state index in [0.29, 0.717) is 5.92 Å². The van der Waals surface area contributed by atoms with Gasteiger partial charge in [-0.05, 0) is 43.0 Å². The van der Waals surface area contributed by atoms with Crippen LogP contribution in [0.25, 0.3) is 0 Å². The zero-order valence-electron chi connectivity index (χ0n) is 15.1. The molecule has 0 aromatic heterocycles. The lowest BCUT2D eigenvalue weighted by molar-refractivity contribution is 0.0888. The van der Waals surface area contributed by atoms with E-state index in [1.807, 2.05) is 18.2 Å². The SMILES string of the molecule is CN=C(NCCCOCC1CCOC1)NCCc1cc(Cl)ccc1Br.I. The highest BCUT2D eigenvalue weighted by Gasteiger charge is 2.15. The summed E-state index contributed by atoms with van der Waals surface area (Å²) in [7, 11) is 1.78. The summed E-state index contributed by atoms with van der Waals surface area (Å²) >= 11 is 9.59. The van der Waals surface area contributed by atoms with Crippen molar-refractivity contribution in [3.05, 3.63) is 33.3 Å². The normalized spacial score (nSPS) is 17.0. The molecule has 1 saturated heterocycles. The Bertz CT molecular complexity index is 557. The predicted octanol–water partition coefficient (Wildman–Crippen LogP) is 3.87. The summed E-state index contributed by atoms with van der Waals surface area (Å²) in [4.78, 5) is 4.24. The summed E-state index contributed by atoms with van der Waals surface area (Å²) in [6, 6.07) is 5.84. The first-order valence-electron chi connectivity index (χ1n) is 8.73. The topological polar surface area (TPSA) is 54.9 Å². The Morgan fingerprint density at radius 1 is 1.38 bits per heavy atom. The van der Waals surface area contributed by atoms with Crippen LogP contribution in [0.5, 0.6) is 0 Å². The van der Waals surface area contributed by atoms with Crippen LogP contribution in [0.2, 0.25) is 5.02 Å². The number of ether oxygens (including phenoxy) is 2. The third kappa shape index (κ3) is 9.21. The van der Waals surface area contributed by atoms with Crippen LogP contribution in [0.1, 0.15) is 18.4 Å². The molecule has 1 fully saturated rings. The Labute approximate surface area is 186 Å². The Morgan fingerprint density at radius 2 is 2.19 bits per heavy atom. The molecular formula is C18H28BrClIN3O2. The minimum Gasteiger partial charge on any atom is -0.381 e. The van der Waals surface area contributed by atoms with Crippen molar-refractivity contribution in [2.24, 2.45) is 10.9 Å². The summed E-state index contributed by atoms with van der Waals surface area (Å²) in [6.07, 6.45) is 2.94. The number of hydrogen-bond donors (Lipinski definition) is 2. The molecule has 2 rings (SSSR count). The molecule has 26 heavy (non-hydrogen) atoms. The van der Waals surface area contributed by atoms with Crippen molar-refractivity contribution >= 4 is 57.5 Å². The smallest absolute Gasteiger partial charge is 0.190 e. The summed E-state index contributed by atoms with van der Waals surface area (Å²) < 4.78 is 12.1. The maximum Gasteiger partial charge on any atom is 0.190 e. The molecule has 1 aliphatic heterocycles. The van der Waals surface area contributed by atoms with Crippen LogP contribution < -0.4 is 10.6 Å². The lowest BCUT2D eigenvalue weighted by Gasteiger charge is -2.13. The van der Waals surface area contributed by atoms with Crippen LogP contribution >= 0.6 is 51.5 Å². The number of guanidine groups is 1. The number of benzene rings is 1. The van der Waals surface area contributed by atoms with Crippen molar-refractivity contribution in [3.8, 4) is 0 Å². The molecule has 0 radical (unpaired) electrons. The van der Waals surface area contributed by atoms with Gasteiger partial charge < -0.3 is 20.1 Å². The summed E-state index contributed by atoms with van der Waals surface area (Å²) in [5.74, 6) is 1.38. The summed E-state index contributed by atoms with van der Waals surface area (Å²) in [5, 5.41) is 7.38. The molecule has 0 bridgehead atoms. The highest BCUT2D eigenvalue weighted by atomic mass is 127. The van der Waals surface area contributed by atoms with E-state index in [1.165, 1.54) is 5.56 Å². The Kier molecular flexibility index (Phi) is 12.9. The molecule has 5 nitrogen and oxygen atoms in total. The first-order chi connectivity index (χ1) is 12.2. The average Bonchev–Trinajstić information content (AvgIpc) is 3.12. The van der Waals surface area contributed by atoms with E-state index >= 15 is 0 Å². The first kappa shape index (κ1) is 23.9. The molecule has 0 spiro atoms. The molecule has 1 aromatic carbocycles. The van der Waals surface area contributed by atoms with Crippen molar-refractivity contribution in [2.45, 2.75) is 19.3 Å². The quantitative estimate of drug-likeness (QED) is 0.209. The van der Waals surface area contributed by atoms with E-state index in [-0.39, 0.29) is 24.0 Å². The van der Waals surface area contributed by atoms with Crippen LogP contribution in [0.3, 0.4) is 0 Å². The number of nitrogens with zero attached hydrogens (tertiary/aromatic N) is 1. The van der Waals surface area contributed by atoms with Crippen molar-refractivity contribution in [1.82, 2.24) is 10.6 Å². The van der Waals surface area contributed by atoms with Gasteiger partial charge in [-0.3, -0.25) is 4.99 Å². The van der Waals surface area contributed by atoms with Crippen molar-refractivity contribution in [1.29, 1.82) is 0 Å². The number of hydrogen-bond acceptors (Lipinski definition) is 3. The molecule has 8 heteroatoms. The maximum atomic E-state index is 6.04. The molecule has 1 atom stereocenters. The van der Waals surface area contributed by atoms with E-state index in [2.05, 4.69) is 31.6 Å². The van der Waals surface area contributed by atoms with Crippen LogP contribution in [-0.2, 0) is 15.9 Å². The van der Waals surface area contributed by atoms with Gasteiger partial charge in [0.1, 0.15) is 0 Å². The maximum absolute atomic E-state index is 6.04. The third-order valence-corrected chi connectivity index (χ3v) is 5.06. The molecule has 1 aliphatic rings. The number of nitrogens with one attached hydrogen (secondary N) is 2. The molecular weight excluding hydrogens is 532 g/mol. The molecule has 0 aliphatic carbocycles. The minimum atomic E-state index is 0. The van der Waals surface area contributed by atoms with Crippen LogP contribution in [0, 0.1) is 5.92 Å². The molecule has 0 saturated carbocycles. The van der Waals surface area contributed by atoms with Gasteiger partial charge in [0.15, 0.2) is 5.96 Å². The molecule has 0 amide bonds. The lowest BCUT2D eigenvalue weighted by atomic mass is 10.1. The fraction of sp³-hybridized carbons (Fsp3) is 0.611. The zero-order valence-corrected chi connectivity index (χ0v) is 19.8. The van der Waals surface area contributed by atoms with Gasteiger partial charge in [0.25, 0.3) is 0 Å². The molecule has 2 N–H and O–H groups in total. The van der Waals surface area contributed by atoms with E-state index in [9.17, 15) is 0 Å². The van der Waals surface area contributed by atoms with Gasteiger partial charge in [-0.25, -0.2) is 0 Å². The zero-order chi connectivity index (χ0) is 17.9. The number of aliphatic imine (C=N–C) groups is 1. The van der Waals surface area contributed by atoms with E-state index in [4.69, 9.17) is 21.1 Å². The molecule has 1 aromatic rings. The highest BCUT2D eigenvalue weighted by molar-refractivity contribution is 14.0. The third-order valence-electron chi connectivity index (χ3n) is 4.05. The van der Waals surface area contributed by atoms with Crippen LogP contribution in [-0.4, -0.2) is 52.5 Å². The lowest BCUT2D eigenvalue weighted by Crippen LogP contribution is -2.39. The van der Waals surface area contributed by atoms with Crippen LogP contribution in [0.4, 0.5) is 0 Å². The average molecular weight is 561 g/mol. The fourth-order valence-electron chi connectivity index (χ4n) is 2.62. The van der Waals surface area contributed by atoms with E-state index in [0.717, 1.165) is 74.2 Å². The van der Waals surface area contributed by atoms with Crippen LogP contribution in [0.15, 0.2) is 27.7 Å². The standard InChI is InChI=1S/C18H27BrClN3O2.HI/c1-21-18(22-7-2-9-24-12-14-6-10-25-13-14)23-8-5-15-11-16(20)3-4-17(15)19;/h3-4,11,14H,2,5-10,12-13H2,1H3,(H2,21,22,23);1H. The second-order valence-corrected chi connectivity index (χ2v) is 7.36.